The second kappa shape index (κ2) is 8.77. The number of carbonyl (C=O) groups excluding carboxylic acids is 4. The number of halogens is 1. The van der Waals surface area contributed by atoms with Crippen molar-refractivity contribution >= 4 is 41.0 Å². The molecule has 1 saturated heterocycles. The molecule has 0 bridgehead atoms. The lowest BCUT2D eigenvalue weighted by Gasteiger charge is -2.24. The van der Waals surface area contributed by atoms with Gasteiger partial charge in [0, 0.05) is 16.3 Å². The van der Waals surface area contributed by atoms with Crippen molar-refractivity contribution in [1.29, 1.82) is 0 Å². The van der Waals surface area contributed by atoms with Crippen LogP contribution in [-0.4, -0.2) is 29.8 Å². The van der Waals surface area contributed by atoms with Crippen LogP contribution in [0.15, 0.2) is 48.5 Å². The Kier molecular flexibility index (Phi) is 6.31. The fourth-order valence-electron chi connectivity index (χ4n) is 3.24. The first-order valence-electron chi connectivity index (χ1n) is 9.71. The zero-order chi connectivity index (χ0) is 22.8. The average molecular weight is 443 g/mol. The fourth-order valence-corrected chi connectivity index (χ4v) is 3.36. The van der Waals surface area contributed by atoms with Crippen LogP contribution < -0.4 is 21.3 Å². The van der Waals surface area contributed by atoms with E-state index < -0.39 is 35.3 Å². The van der Waals surface area contributed by atoms with E-state index >= 15 is 0 Å². The zero-order valence-electron chi connectivity index (χ0n) is 17.3. The smallest absolute Gasteiger partial charge is 0.322 e. The molecule has 2 aromatic rings. The van der Waals surface area contributed by atoms with Crippen LogP contribution in [0.1, 0.15) is 36.7 Å². The van der Waals surface area contributed by atoms with Gasteiger partial charge in [-0.25, -0.2) is 4.79 Å². The molecule has 1 heterocycles. The minimum Gasteiger partial charge on any atom is -0.340 e. The third-order valence-electron chi connectivity index (χ3n) is 5.09. The van der Waals surface area contributed by atoms with Gasteiger partial charge < -0.3 is 16.0 Å². The quantitative estimate of drug-likeness (QED) is 0.514. The molecule has 0 saturated carbocycles. The maximum absolute atomic E-state index is 12.9. The van der Waals surface area contributed by atoms with Crippen molar-refractivity contribution in [2.45, 2.75) is 32.4 Å². The highest BCUT2D eigenvalue weighted by molar-refractivity contribution is 6.30. The molecule has 2 unspecified atom stereocenters. The van der Waals surface area contributed by atoms with Gasteiger partial charge in [0.1, 0.15) is 11.6 Å². The van der Waals surface area contributed by atoms with Crippen molar-refractivity contribution in [3.63, 3.8) is 0 Å². The summed E-state index contributed by atoms with van der Waals surface area (Å²) in [5.41, 5.74) is 0.0997. The molecule has 4 N–H and O–H groups in total. The molecule has 2 aromatic carbocycles. The molecular formula is C22H23ClN4O4. The molecule has 162 valence electrons. The van der Waals surface area contributed by atoms with Gasteiger partial charge >= 0.3 is 6.03 Å². The molecule has 1 fully saturated rings. The van der Waals surface area contributed by atoms with Crippen LogP contribution in [-0.2, 0) is 15.1 Å². The van der Waals surface area contributed by atoms with Gasteiger partial charge in [-0.05, 0) is 54.8 Å². The maximum atomic E-state index is 12.9. The van der Waals surface area contributed by atoms with Crippen LogP contribution in [0.2, 0.25) is 5.02 Å². The normalized spacial score (nSPS) is 18.9. The number of urea groups is 1. The van der Waals surface area contributed by atoms with Crippen molar-refractivity contribution in [2.24, 2.45) is 5.92 Å². The van der Waals surface area contributed by atoms with Crippen LogP contribution in [0.25, 0.3) is 0 Å². The lowest BCUT2D eigenvalue weighted by atomic mass is 9.92. The SMILES string of the molecule is CC(C)C(NC(=O)c1ccc(Cl)cc1)C(=O)Nc1cccc(C2(C)NC(=O)NC2=O)c1. The van der Waals surface area contributed by atoms with Gasteiger partial charge in [0.2, 0.25) is 5.91 Å². The summed E-state index contributed by atoms with van der Waals surface area (Å²) in [6.45, 7) is 5.22. The van der Waals surface area contributed by atoms with Gasteiger partial charge in [-0.3, -0.25) is 19.7 Å². The fraction of sp³-hybridized carbons (Fsp3) is 0.273. The molecule has 31 heavy (non-hydrogen) atoms. The summed E-state index contributed by atoms with van der Waals surface area (Å²) in [4.78, 5) is 49.2. The number of hydrogen-bond acceptors (Lipinski definition) is 4. The molecule has 3 rings (SSSR count). The number of nitrogens with one attached hydrogen (secondary N) is 4. The summed E-state index contributed by atoms with van der Waals surface area (Å²) in [6, 6.07) is 11.6. The van der Waals surface area contributed by atoms with Crippen molar-refractivity contribution in [2.75, 3.05) is 5.32 Å². The summed E-state index contributed by atoms with van der Waals surface area (Å²) >= 11 is 5.86. The van der Waals surface area contributed by atoms with E-state index in [-0.39, 0.29) is 5.92 Å². The molecule has 0 aromatic heterocycles. The minimum absolute atomic E-state index is 0.183. The number of benzene rings is 2. The van der Waals surface area contributed by atoms with Crippen molar-refractivity contribution in [1.82, 2.24) is 16.0 Å². The highest BCUT2D eigenvalue weighted by atomic mass is 35.5. The Bertz CT molecular complexity index is 1040. The Morgan fingerprint density at radius 1 is 1.06 bits per heavy atom. The third kappa shape index (κ3) is 4.86. The topological polar surface area (TPSA) is 116 Å². The number of rotatable bonds is 6. The maximum Gasteiger partial charge on any atom is 0.322 e. The molecule has 2 atom stereocenters. The molecule has 8 nitrogen and oxygen atoms in total. The highest BCUT2D eigenvalue weighted by Gasteiger charge is 2.43. The molecule has 0 aliphatic carbocycles. The van der Waals surface area contributed by atoms with Gasteiger partial charge in [-0.1, -0.05) is 37.6 Å². The molecule has 0 spiro atoms. The third-order valence-corrected chi connectivity index (χ3v) is 5.35. The Morgan fingerprint density at radius 2 is 1.74 bits per heavy atom. The van der Waals surface area contributed by atoms with Gasteiger partial charge in [-0.15, -0.1) is 0 Å². The first kappa shape index (κ1) is 22.3. The predicted molar refractivity (Wildman–Crippen MR) is 117 cm³/mol. The molecule has 0 radical (unpaired) electrons. The number of carbonyl (C=O) groups is 4. The van der Waals surface area contributed by atoms with E-state index in [0.29, 0.717) is 21.8 Å². The first-order valence-corrected chi connectivity index (χ1v) is 10.1. The van der Waals surface area contributed by atoms with Crippen LogP contribution in [0, 0.1) is 5.92 Å². The predicted octanol–water partition coefficient (Wildman–Crippen LogP) is 2.79. The molecular weight excluding hydrogens is 420 g/mol. The van der Waals surface area contributed by atoms with Gasteiger partial charge in [-0.2, -0.15) is 0 Å². The summed E-state index contributed by atoms with van der Waals surface area (Å²) in [5, 5.41) is 10.8. The van der Waals surface area contributed by atoms with E-state index in [0.717, 1.165) is 0 Å². The van der Waals surface area contributed by atoms with Gasteiger partial charge in [0.25, 0.3) is 11.8 Å². The summed E-state index contributed by atoms with van der Waals surface area (Å²) in [5.74, 6) is -1.45. The molecule has 5 amide bonds. The lowest BCUT2D eigenvalue weighted by molar-refractivity contribution is -0.123. The van der Waals surface area contributed by atoms with Crippen LogP contribution in [0.3, 0.4) is 0 Å². The van der Waals surface area contributed by atoms with Crippen molar-refractivity contribution in [3.05, 3.63) is 64.7 Å². The number of hydrogen-bond donors (Lipinski definition) is 4. The molecule has 9 heteroatoms. The van der Waals surface area contributed by atoms with Crippen LogP contribution in [0.4, 0.5) is 10.5 Å². The Morgan fingerprint density at radius 3 is 2.32 bits per heavy atom. The largest absolute Gasteiger partial charge is 0.340 e. The summed E-state index contributed by atoms with van der Waals surface area (Å²) in [6.07, 6.45) is 0. The second-order valence-electron chi connectivity index (χ2n) is 7.81. The van der Waals surface area contributed by atoms with E-state index in [2.05, 4.69) is 21.3 Å². The number of amides is 5. The Labute approximate surface area is 184 Å². The highest BCUT2D eigenvalue weighted by Crippen LogP contribution is 2.26. The van der Waals surface area contributed by atoms with E-state index in [1.807, 2.05) is 13.8 Å². The Hall–Kier alpha value is -3.39. The monoisotopic (exact) mass is 442 g/mol. The van der Waals surface area contributed by atoms with Crippen LogP contribution >= 0.6 is 11.6 Å². The average Bonchev–Trinajstić information content (AvgIpc) is 2.98. The summed E-state index contributed by atoms with van der Waals surface area (Å²) in [7, 11) is 0. The van der Waals surface area contributed by atoms with E-state index in [1.165, 1.54) is 0 Å². The number of anilines is 1. The first-order chi connectivity index (χ1) is 14.6. The van der Waals surface area contributed by atoms with Crippen LogP contribution in [0.5, 0.6) is 0 Å². The Balaban J connectivity index is 1.75. The standard InChI is InChI=1S/C22H23ClN4O4/c1-12(2)17(25-18(28)13-7-9-15(23)10-8-13)19(29)24-16-6-4-5-14(11-16)22(3)20(30)26-21(31)27-22/h4-12,17H,1-3H3,(H,24,29)(H,25,28)(H2,26,27,30,31). The van der Waals surface area contributed by atoms with Crippen molar-refractivity contribution in [3.8, 4) is 0 Å². The van der Waals surface area contributed by atoms with E-state index in [9.17, 15) is 19.2 Å². The number of imide groups is 1. The van der Waals surface area contributed by atoms with Gasteiger partial charge in [0.15, 0.2) is 0 Å². The second-order valence-corrected chi connectivity index (χ2v) is 8.24. The lowest BCUT2D eigenvalue weighted by Crippen LogP contribution is -2.47. The van der Waals surface area contributed by atoms with E-state index in [1.54, 1.807) is 55.5 Å². The molecule has 1 aliphatic heterocycles. The zero-order valence-corrected chi connectivity index (χ0v) is 18.0. The molecule has 1 aliphatic rings. The summed E-state index contributed by atoms with van der Waals surface area (Å²) < 4.78 is 0. The van der Waals surface area contributed by atoms with Gasteiger partial charge in [0.05, 0.1) is 0 Å². The van der Waals surface area contributed by atoms with E-state index in [4.69, 9.17) is 11.6 Å². The minimum atomic E-state index is -1.24. The van der Waals surface area contributed by atoms with Crippen molar-refractivity contribution < 1.29 is 19.2 Å².